The Balaban J connectivity index is 1.31. The maximum absolute atomic E-state index is 12.8. The molecule has 5 nitrogen and oxygen atoms in total. The van der Waals surface area contributed by atoms with Crippen LogP contribution >= 0.6 is 23.4 Å². The number of halogens is 1. The van der Waals surface area contributed by atoms with Gasteiger partial charge in [-0.3, -0.25) is 9.89 Å². The fourth-order valence-electron chi connectivity index (χ4n) is 3.81. The van der Waals surface area contributed by atoms with Crippen LogP contribution in [0.2, 0.25) is 5.02 Å². The second kappa shape index (κ2) is 8.21. The molecule has 0 saturated carbocycles. The molecule has 1 aromatic heterocycles. The molecule has 0 saturated heterocycles. The number of nitrogens with one attached hydrogen (secondary N) is 1. The summed E-state index contributed by atoms with van der Waals surface area (Å²) in [6.45, 7) is 0. The van der Waals surface area contributed by atoms with Crippen molar-refractivity contribution in [1.82, 2.24) is 15.2 Å². The zero-order valence-corrected chi connectivity index (χ0v) is 18.3. The number of thioether (sulfide) groups is 1. The number of aromatic amines is 1. The van der Waals surface area contributed by atoms with Crippen LogP contribution in [0.1, 0.15) is 21.5 Å². The smallest absolute Gasteiger partial charge is 0.209 e. The van der Waals surface area contributed by atoms with E-state index in [4.69, 9.17) is 16.3 Å². The molecule has 0 amide bonds. The predicted octanol–water partition coefficient (Wildman–Crippen LogP) is 5.68. The maximum atomic E-state index is 12.8. The van der Waals surface area contributed by atoms with Crippen molar-refractivity contribution >= 4 is 29.1 Å². The van der Waals surface area contributed by atoms with Gasteiger partial charge in [-0.05, 0) is 52.9 Å². The molecule has 0 aliphatic heterocycles. The van der Waals surface area contributed by atoms with Gasteiger partial charge >= 0.3 is 0 Å². The Bertz CT molecular complexity index is 1300. The lowest BCUT2D eigenvalue weighted by Crippen LogP contribution is -2.03. The van der Waals surface area contributed by atoms with Crippen molar-refractivity contribution in [3.63, 3.8) is 0 Å². The van der Waals surface area contributed by atoms with E-state index in [1.54, 1.807) is 25.3 Å². The van der Waals surface area contributed by atoms with Crippen molar-refractivity contribution < 1.29 is 9.53 Å². The first-order valence-electron chi connectivity index (χ1n) is 9.76. The third-order valence-electron chi connectivity index (χ3n) is 5.33. The van der Waals surface area contributed by atoms with E-state index < -0.39 is 0 Å². The fraction of sp³-hybridized carbons (Fsp3) is 0.125. The van der Waals surface area contributed by atoms with Crippen molar-refractivity contribution in [2.75, 3.05) is 12.9 Å². The highest BCUT2D eigenvalue weighted by Crippen LogP contribution is 2.37. The molecule has 0 atom stereocenters. The molecule has 1 aliphatic rings. The average Bonchev–Trinajstić information content (AvgIpc) is 3.41. The van der Waals surface area contributed by atoms with Crippen molar-refractivity contribution in [2.45, 2.75) is 11.6 Å². The largest absolute Gasteiger partial charge is 0.496 e. The standard InChI is InChI=1S/C24H18ClN3O2S/c1-30-22-9-8-17(25)12-20(22)23-26-24(28-27-23)31-13-21(29)16-7-6-15-10-14-4-2-3-5-18(14)19(15)11-16/h2-9,11-12H,10,13H2,1H3,(H,26,27,28). The number of carbonyl (C=O) groups excluding carboxylic acids is 1. The highest BCUT2D eigenvalue weighted by molar-refractivity contribution is 7.99. The molecule has 0 spiro atoms. The lowest BCUT2D eigenvalue weighted by molar-refractivity contribution is 0.102. The highest BCUT2D eigenvalue weighted by Gasteiger charge is 2.20. The molecule has 5 rings (SSSR count). The minimum Gasteiger partial charge on any atom is -0.496 e. The fourth-order valence-corrected chi connectivity index (χ4v) is 4.67. The molecule has 0 radical (unpaired) electrons. The monoisotopic (exact) mass is 447 g/mol. The molecule has 7 heteroatoms. The van der Waals surface area contributed by atoms with E-state index in [-0.39, 0.29) is 11.5 Å². The summed E-state index contributed by atoms with van der Waals surface area (Å²) in [4.78, 5) is 17.3. The summed E-state index contributed by atoms with van der Waals surface area (Å²) in [5, 5.41) is 8.20. The Morgan fingerprint density at radius 2 is 1.90 bits per heavy atom. The zero-order chi connectivity index (χ0) is 21.4. The first-order valence-corrected chi connectivity index (χ1v) is 11.1. The van der Waals surface area contributed by atoms with Gasteiger partial charge < -0.3 is 4.74 Å². The number of nitrogens with zero attached hydrogens (tertiary/aromatic N) is 2. The quantitative estimate of drug-likeness (QED) is 0.268. The van der Waals surface area contributed by atoms with Gasteiger partial charge in [0.15, 0.2) is 11.6 Å². The number of fused-ring (bicyclic) bond motifs is 3. The lowest BCUT2D eigenvalue weighted by Gasteiger charge is -2.05. The summed E-state index contributed by atoms with van der Waals surface area (Å²) in [6.07, 6.45) is 0.918. The Morgan fingerprint density at radius 1 is 1.06 bits per heavy atom. The molecule has 1 aliphatic carbocycles. The molecular formula is C24H18ClN3O2S. The van der Waals surface area contributed by atoms with Gasteiger partial charge in [0.05, 0.1) is 18.4 Å². The molecule has 3 aromatic carbocycles. The van der Waals surface area contributed by atoms with E-state index in [1.165, 1.54) is 28.5 Å². The Hall–Kier alpha value is -3.09. The molecule has 1 heterocycles. The molecular weight excluding hydrogens is 430 g/mol. The lowest BCUT2D eigenvalue weighted by atomic mass is 10.0. The van der Waals surface area contributed by atoms with Gasteiger partial charge in [0.2, 0.25) is 5.16 Å². The second-order valence-electron chi connectivity index (χ2n) is 7.23. The summed E-state index contributed by atoms with van der Waals surface area (Å²) in [7, 11) is 1.59. The van der Waals surface area contributed by atoms with E-state index in [0.29, 0.717) is 27.3 Å². The number of ketones is 1. The number of carbonyl (C=O) groups is 1. The zero-order valence-electron chi connectivity index (χ0n) is 16.7. The number of Topliss-reactive ketones (excluding diaryl/α,β-unsaturated/α-hetero) is 1. The van der Waals surface area contributed by atoms with Gasteiger partial charge in [-0.15, -0.1) is 5.10 Å². The van der Waals surface area contributed by atoms with Gasteiger partial charge in [0.25, 0.3) is 0 Å². The Labute approximate surface area is 188 Å². The number of methoxy groups -OCH3 is 1. The minimum atomic E-state index is 0.0452. The number of H-pyrrole nitrogens is 1. The minimum absolute atomic E-state index is 0.0452. The van der Waals surface area contributed by atoms with Gasteiger partial charge in [-0.2, -0.15) is 0 Å². The van der Waals surface area contributed by atoms with Crippen LogP contribution in [-0.4, -0.2) is 33.8 Å². The second-order valence-corrected chi connectivity index (χ2v) is 8.61. The van der Waals surface area contributed by atoms with Crippen LogP contribution in [-0.2, 0) is 6.42 Å². The van der Waals surface area contributed by atoms with Crippen molar-refractivity contribution in [3.05, 3.63) is 82.4 Å². The van der Waals surface area contributed by atoms with Crippen LogP contribution in [0, 0.1) is 0 Å². The van der Waals surface area contributed by atoms with Crippen LogP contribution in [0.15, 0.2) is 65.8 Å². The summed E-state index contributed by atoms with van der Waals surface area (Å²) in [6, 6.07) is 19.6. The molecule has 4 aromatic rings. The first-order chi connectivity index (χ1) is 15.1. The summed E-state index contributed by atoms with van der Waals surface area (Å²) in [5.41, 5.74) is 6.36. The molecule has 31 heavy (non-hydrogen) atoms. The number of aromatic nitrogens is 3. The van der Waals surface area contributed by atoms with Crippen LogP contribution in [0.5, 0.6) is 5.75 Å². The maximum Gasteiger partial charge on any atom is 0.209 e. The van der Waals surface area contributed by atoms with E-state index in [1.807, 2.05) is 18.2 Å². The Kier molecular flexibility index (Phi) is 5.26. The summed E-state index contributed by atoms with van der Waals surface area (Å²) < 4.78 is 5.37. The number of benzene rings is 3. The summed E-state index contributed by atoms with van der Waals surface area (Å²) >= 11 is 7.40. The van der Waals surface area contributed by atoms with E-state index in [9.17, 15) is 4.79 Å². The molecule has 1 N–H and O–H groups in total. The number of hydrogen-bond donors (Lipinski definition) is 1. The van der Waals surface area contributed by atoms with Gasteiger partial charge in [-0.25, -0.2) is 4.98 Å². The van der Waals surface area contributed by atoms with Crippen molar-refractivity contribution in [1.29, 1.82) is 0 Å². The van der Waals surface area contributed by atoms with Gasteiger partial charge in [0.1, 0.15) is 5.75 Å². The third kappa shape index (κ3) is 3.84. The molecule has 0 unspecified atom stereocenters. The normalized spacial score (nSPS) is 11.8. The first kappa shape index (κ1) is 19.8. The Morgan fingerprint density at radius 3 is 2.77 bits per heavy atom. The van der Waals surface area contributed by atoms with Crippen molar-refractivity contribution in [3.8, 4) is 28.3 Å². The van der Waals surface area contributed by atoms with Gasteiger partial charge in [0, 0.05) is 10.6 Å². The molecule has 154 valence electrons. The summed E-state index contributed by atoms with van der Waals surface area (Å²) in [5.74, 6) is 1.49. The van der Waals surface area contributed by atoms with Crippen LogP contribution in [0.4, 0.5) is 0 Å². The van der Waals surface area contributed by atoms with E-state index in [0.717, 1.165) is 17.5 Å². The average molecular weight is 448 g/mol. The highest BCUT2D eigenvalue weighted by atomic mass is 35.5. The van der Waals surface area contributed by atoms with Crippen LogP contribution in [0.25, 0.3) is 22.5 Å². The molecule has 0 fully saturated rings. The number of hydrogen-bond acceptors (Lipinski definition) is 5. The van der Waals surface area contributed by atoms with Crippen LogP contribution < -0.4 is 4.74 Å². The van der Waals surface area contributed by atoms with Gasteiger partial charge in [-0.1, -0.05) is 59.8 Å². The van der Waals surface area contributed by atoms with Crippen molar-refractivity contribution in [2.24, 2.45) is 0 Å². The number of ether oxygens (including phenoxy) is 1. The third-order valence-corrected chi connectivity index (χ3v) is 6.42. The predicted molar refractivity (Wildman–Crippen MR) is 123 cm³/mol. The number of rotatable bonds is 6. The van der Waals surface area contributed by atoms with E-state index >= 15 is 0 Å². The van der Waals surface area contributed by atoms with Crippen LogP contribution in [0.3, 0.4) is 0 Å². The molecule has 0 bridgehead atoms. The SMILES string of the molecule is COc1ccc(Cl)cc1-c1nc(SCC(=O)c2ccc3c(c2)-c2ccccc2C3)n[nH]1. The topological polar surface area (TPSA) is 67.9 Å². The van der Waals surface area contributed by atoms with E-state index in [2.05, 4.69) is 39.4 Å².